The lowest BCUT2D eigenvalue weighted by Crippen LogP contribution is -2.14. The van der Waals surface area contributed by atoms with E-state index in [-0.39, 0.29) is 10.8 Å². The Kier molecular flexibility index (Phi) is 5.36. The van der Waals surface area contributed by atoms with Crippen molar-refractivity contribution >= 4 is 21.9 Å². The Morgan fingerprint density at radius 2 is 1.00 bits per heavy atom. The Bertz CT molecular complexity index is 2250. The molecule has 0 saturated heterocycles. The van der Waals surface area contributed by atoms with Crippen molar-refractivity contribution in [2.45, 2.75) is 19.3 Å². The Morgan fingerprint density at radius 1 is 0.452 bits per heavy atom. The van der Waals surface area contributed by atoms with E-state index in [1.54, 1.807) is 0 Å². The quantitative estimate of drug-likeness (QED) is 0.209. The molecule has 0 unspecified atom stereocenters. The molecule has 0 aliphatic heterocycles. The Labute approximate surface area is 244 Å². The molecular formula is C40H28O2. The van der Waals surface area contributed by atoms with Crippen LogP contribution in [0.4, 0.5) is 0 Å². The molecule has 1 aliphatic carbocycles. The van der Waals surface area contributed by atoms with Crippen LogP contribution < -0.4 is 5.43 Å². The maximum absolute atomic E-state index is 13.2. The van der Waals surface area contributed by atoms with Gasteiger partial charge < -0.3 is 4.42 Å². The fraction of sp³-hybridized carbons (Fsp3) is 0.0750. The first-order chi connectivity index (χ1) is 20.5. The first kappa shape index (κ1) is 24.6. The van der Waals surface area contributed by atoms with Crippen molar-refractivity contribution in [2.75, 3.05) is 0 Å². The molecular weight excluding hydrogens is 512 g/mol. The van der Waals surface area contributed by atoms with Crippen LogP contribution in [0.2, 0.25) is 0 Å². The molecule has 6 aromatic carbocycles. The van der Waals surface area contributed by atoms with Crippen molar-refractivity contribution in [3.63, 3.8) is 0 Å². The second kappa shape index (κ2) is 9.15. The van der Waals surface area contributed by atoms with E-state index in [0.717, 1.165) is 22.3 Å². The summed E-state index contributed by atoms with van der Waals surface area (Å²) < 4.78 is 6.02. The molecule has 1 aromatic heterocycles. The van der Waals surface area contributed by atoms with Gasteiger partial charge in [0, 0.05) is 5.41 Å². The molecule has 0 spiro atoms. The topological polar surface area (TPSA) is 30.2 Å². The van der Waals surface area contributed by atoms with Gasteiger partial charge in [0.05, 0.1) is 10.8 Å². The third kappa shape index (κ3) is 3.76. The monoisotopic (exact) mass is 540 g/mol. The zero-order valence-electron chi connectivity index (χ0n) is 23.5. The predicted octanol–water partition coefficient (Wildman–Crippen LogP) is 10.3. The first-order valence-electron chi connectivity index (χ1n) is 14.4. The van der Waals surface area contributed by atoms with E-state index in [4.69, 9.17) is 4.42 Å². The van der Waals surface area contributed by atoms with Crippen molar-refractivity contribution in [2.24, 2.45) is 0 Å². The third-order valence-corrected chi connectivity index (χ3v) is 8.88. The van der Waals surface area contributed by atoms with Gasteiger partial charge in [-0.25, -0.2) is 0 Å². The Morgan fingerprint density at radius 3 is 1.74 bits per heavy atom. The number of rotatable bonds is 3. The van der Waals surface area contributed by atoms with Gasteiger partial charge in [-0.2, -0.15) is 0 Å². The van der Waals surface area contributed by atoms with Gasteiger partial charge in [-0.1, -0.05) is 105 Å². The highest BCUT2D eigenvalue weighted by Crippen LogP contribution is 2.49. The number of hydrogen-bond donors (Lipinski definition) is 0. The van der Waals surface area contributed by atoms with E-state index in [0.29, 0.717) is 21.9 Å². The molecule has 42 heavy (non-hydrogen) atoms. The summed E-state index contributed by atoms with van der Waals surface area (Å²) in [6.07, 6.45) is 0. The van der Waals surface area contributed by atoms with E-state index < -0.39 is 0 Å². The molecule has 0 amide bonds. The summed E-state index contributed by atoms with van der Waals surface area (Å²) in [5.41, 5.74) is 13.4. The van der Waals surface area contributed by atoms with Gasteiger partial charge in [-0.05, 0) is 98.1 Å². The minimum atomic E-state index is -0.00193. The van der Waals surface area contributed by atoms with Crippen LogP contribution in [0.3, 0.4) is 0 Å². The van der Waals surface area contributed by atoms with Crippen molar-refractivity contribution in [3.8, 4) is 44.5 Å². The van der Waals surface area contributed by atoms with Gasteiger partial charge in [0.1, 0.15) is 11.2 Å². The number of fused-ring (bicyclic) bond motifs is 5. The third-order valence-electron chi connectivity index (χ3n) is 8.88. The molecule has 7 aromatic rings. The Hall–Kier alpha value is -5.21. The van der Waals surface area contributed by atoms with Crippen LogP contribution in [0, 0.1) is 0 Å². The lowest BCUT2D eigenvalue weighted by atomic mass is 9.82. The molecule has 0 N–H and O–H groups in total. The van der Waals surface area contributed by atoms with Gasteiger partial charge in [-0.15, -0.1) is 0 Å². The zero-order chi connectivity index (χ0) is 28.4. The fourth-order valence-corrected chi connectivity index (χ4v) is 6.64. The van der Waals surface area contributed by atoms with Gasteiger partial charge in [0.2, 0.25) is 5.43 Å². The average Bonchev–Trinajstić information content (AvgIpc) is 3.27. The van der Waals surface area contributed by atoms with Crippen molar-refractivity contribution in [3.05, 3.63) is 155 Å². The minimum absolute atomic E-state index is 0.00193. The van der Waals surface area contributed by atoms with E-state index in [2.05, 4.69) is 105 Å². The molecule has 0 fully saturated rings. The maximum Gasteiger partial charge on any atom is 0.200 e. The maximum atomic E-state index is 13.2. The highest BCUT2D eigenvalue weighted by atomic mass is 16.3. The normalized spacial score (nSPS) is 13.3. The second-order valence-electron chi connectivity index (χ2n) is 11.7. The van der Waals surface area contributed by atoms with Crippen molar-refractivity contribution < 1.29 is 4.42 Å². The minimum Gasteiger partial charge on any atom is -0.456 e. The fourth-order valence-electron chi connectivity index (χ4n) is 6.64. The van der Waals surface area contributed by atoms with Crippen LogP contribution in [0.5, 0.6) is 0 Å². The summed E-state index contributed by atoms with van der Waals surface area (Å²) >= 11 is 0. The molecule has 1 heterocycles. The smallest absolute Gasteiger partial charge is 0.200 e. The molecule has 0 bridgehead atoms. The SMILES string of the molecule is CC1(C)c2ccccc2-c2cc(-c3cccc(-c4cccc(-c5ccc6oc7ccccc7c(=O)c6c5)c4)c3)ccc21. The number of benzene rings is 6. The number of para-hydroxylation sites is 1. The predicted molar refractivity (Wildman–Crippen MR) is 174 cm³/mol. The molecule has 0 saturated carbocycles. The second-order valence-corrected chi connectivity index (χ2v) is 11.7. The Balaban J connectivity index is 1.18. The van der Waals surface area contributed by atoms with Gasteiger partial charge >= 0.3 is 0 Å². The lowest BCUT2D eigenvalue weighted by Gasteiger charge is -2.21. The summed E-state index contributed by atoms with van der Waals surface area (Å²) in [6.45, 7) is 4.63. The molecule has 0 radical (unpaired) electrons. The van der Waals surface area contributed by atoms with Crippen molar-refractivity contribution in [1.82, 2.24) is 0 Å². The van der Waals surface area contributed by atoms with Crippen LogP contribution >= 0.6 is 0 Å². The van der Waals surface area contributed by atoms with Crippen molar-refractivity contribution in [1.29, 1.82) is 0 Å². The lowest BCUT2D eigenvalue weighted by molar-refractivity contribution is 0.660. The summed E-state index contributed by atoms with van der Waals surface area (Å²) in [6, 6.07) is 46.3. The first-order valence-corrected chi connectivity index (χ1v) is 14.4. The summed E-state index contributed by atoms with van der Waals surface area (Å²) in [5.74, 6) is 0. The van der Waals surface area contributed by atoms with Gasteiger partial charge in [0.15, 0.2) is 0 Å². The van der Waals surface area contributed by atoms with Gasteiger partial charge in [0.25, 0.3) is 0 Å². The molecule has 200 valence electrons. The summed E-state index contributed by atoms with van der Waals surface area (Å²) in [5, 5.41) is 1.20. The van der Waals surface area contributed by atoms with E-state index in [1.807, 2.05) is 42.5 Å². The van der Waals surface area contributed by atoms with Crippen LogP contribution in [-0.4, -0.2) is 0 Å². The van der Waals surface area contributed by atoms with Crippen LogP contribution in [-0.2, 0) is 5.41 Å². The van der Waals surface area contributed by atoms with Crippen LogP contribution in [0.1, 0.15) is 25.0 Å². The van der Waals surface area contributed by atoms with Crippen LogP contribution in [0.15, 0.2) is 143 Å². The summed E-state index contributed by atoms with van der Waals surface area (Å²) in [7, 11) is 0. The highest BCUT2D eigenvalue weighted by molar-refractivity contribution is 5.92. The van der Waals surface area contributed by atoms with E-state index >= 15 is 0 Å². The molecule has 2 heteroatoms. The van der Waals surface area contributed by atoms with E-state index in [1.165, 1.54) is 33.4 Å². The zero-order valence-corrected chi connectivity index (χ0v) is 23.5. The van der Waals surface area contributed by atoms with E-state index in [9.17, 15) is 4.79 Å². The standard InChI is InChI=1S/C40H28O2/c1-40(2)35-15-5-3-13-31(35)33-23-29(17-19-36(33)40)27-11-7-9-25(21-27)26-10-8-12-28(22-26)30-18-20-38-34(24-30)39(41)32-14-4-6-16-37(32)42-38/h3-24H,1-2H3. The van der Waals surface area contributed by atoms with Crippen LogP contribution in [0.25, 0.3) is 66.4 Å². The number of hydrogen-bond acceptors (Lipinski definition) is 2. The van der Waals surface area contributed by atoms with Gasteiger partial charge in [-0.3, -0.25) is 4.79 Å². The molecule has 8 rings (SSSR count). The average molecular weight is 541 g/mol. The largest absolute Gasteiger partial charge is 0.456 e. The highest BCUT2D eigenvalue weighted by Gasteiger charge is 2.35. The summed E-state index contributed by atoms with van der Waals surface area (Å²) in [4.78, 5) is 13.2. The molecule has 0 atom stereocenters. The molecule has 2 nitrogen and oxygen atoms in total. The molecule has 1 aliphatic rings.